The molecule has 0 radical (unpaired) electrons. The average molecular weight is 1000 g/mol. The fourth-order valence-electron chi connectivity index (χ4n) is 8.30. The zero-order valence-electron chi connectivity index (χ0n) is 37.6. The largest absolute Gasteiger partial charge is 0.481 e. The number of nitrogens with zero attached hydrogens (tertiary/aromatic N) is 6. The molecule has 4 saturated heterocycles. The van der Waals surface area contributed by atoms with Gasteiger partial charge in [-0.15, -0.1) is 22.7 Å². The first-order valence-corrected chi connectivity index (χ1v) is 23.8. The first-order chi connectivity index (χ1) is 33.6. The van der Waals surface area contributed by atoms with Gasteiger partial charge in [0, 0.05) is 41.8 Å². The maximum absolute atomic E-state index is 13.5. The quantitative estimate of drug-likeness (QED) is 0.113. The number of carboxylic acids is 1. The summed E-state index contributed by atoms with van der Waals surface area (Å²) in [5, 5.41) is 22.0. The predicted molar refractivity (Wildman–Crippen MR) is 249 cm³/mol. The molecule has 23 nitrogen and oxygen atoms in total. The summed E-state index contributed by atoms with van der Waals surface area (Å²) in [6.07, 6.45) is 1.22. The van der Waals surface area contributed by atoms with E-state index in [1.807, 2.05) is 48.5 Å². The molecule has 10 amide bonds. The molecule has 0 aliphatic carbocycles. The Kier molecular flexibility index (Phi) is 15.8. The van der Waals surface area contributed by atoms with Gasteiger partial charge in [-0.1, -0.05) is 36.4 Å². The molecular weight excluding hydrogens is 953 g/mol. The number of hydrogen-bond donors (Lipinski definition) is 5. The van der Waals surface area contributed by atoms with Crippen LogP contribution in [0, 0.1) is 0 Å². The molecule has 4 fully saturated rings. The molecule has 8 rings (SSSR count). The fourth-order valence-corrected chi connectivity index (χ4v) is 10.2. The van der Waals surface area contributed by atoms with E-state index >= 15 is 0 Å². The van der Waals surface area contributed by atoms with Gasteiger partial charge in [0.25, 0.3) is 11.8 Å². The number of aliphatic carboxylic acids is 1. The number of carbonyl (C=O) groups excluding carboxylic acids is 11. The van der Waals surface area contributed by atoms with Crippen LogP contribution in [0.15, 0.2) is 60.7 Å². The minimum atomic E-state index is -1.28. The van der Waals surface area contributed by atoms with Crippen LogP contribution in [0.3, 0.4) is 0 Å². The highest BCUT2D eigenvalue weighted by Crippen LogP contribution is 2.29. The third-order valence-corrected chi connectivity index (χ3v) is 13.8. The van der Waals surface area contributed by atoms with Crippen LogP contribution in [0.25, 0.3) is 20.2 Å². The normalized spacial score (nSPS) is 19.1. The average Bonchev–Trinajstić information content (AvgIpc) is 3.95. The van der Waals surface area contributed by atoms with Crippen LogP contribution in [0.4, 0.5) is 9.59 Å². The summed E-state index contributed by atoms with van der Waals surface area (Å²) in [5.41, 5.74) is 5.13. The third-order valence-electron chi connectivity index (χ3n) is 11.6. The number of thiophene rings is 2. The van der Waals surface area contributed by atoms with Gasteiger partial charge < -0.3 is 25.3 Å². The van der Waals surface area contributed by atoms with E-state index in [4.69, 9.17) is 5.11 Å². The van der Waals surface area contributed by atoms with Crippen molar-refractivity contribution in [1.82, 2.24) is 51.5 Å². The van der Waals surface area contributed by atoms with E-state index in [0.29, 0.717) is 35.2 Å². The van der Waals surface area contributed by atoms with Gasteiger partial charge in [0.1, 0.15) is 30.4 Å². The van der Waals surface area contributed by atoms with Gasteiger partial charge in [-0.2, -0.15) is 0 Å². The Bertz CT molecular complexity index is 2510. The smallest absolute Gasteiger partial charge is 0.358 e. The Morgan fingerprint density at radius 3 is 1.44 bits per heavy atom. The summed E-state index contributed by atoms with van der Waals surface area (Å²) in [7, 11) is 0. The molecule has 0 bridgehead atoms. The number of hydrogen-bond acceptors (Lipinski definition) is 14. The van der Waals surface area contributed by atoms with E-state index in [0.717, 1.165) is 40.2 Å². The lowest BCUT2D eigenvalue weighted by Gasteiger charge is -2.42. The number of nitrogens with one attached hydrogen (secondary N) is 4. The van der Waals surface area contributed by atoms with Crippen molar-refractivity contribution in [3.8, 4) is 0 Å². The number of benzene rings is 2. The van der Waals surface area contributed by atoms with Gasteiger partial charge in [-0.05, 0) is 67.6 Å². The van der Waals surface area contributed by atoms with Crippen molar-refractivity contribution in [3.63, 3.8) is 0 Å². The summed E-state index contributed by atoms with van der Waals surface area (Å²) < 4.78 is 1.82. The topological polar surface area (TPSA) is 293 Å². The Morgan fingerprint density at radius 2 is 1.06 bits per heavy atom. The summed E-state index contributed by atoms with van der Waals surface area (Å²) >= 11 is 2.53. The van der Waals surface area contributed by atoms with Crippen molar-refractivity contribution in [3.05, 3.63) is 70.4 Å². The fraction of sp³-hybridized carbons (Fsp3) is 0.378. The number of fused-ring (bicyclic) bond motifs is 4. The molecule has 25 heteroatoms. The van der Waals surface area contributed by atoms with E-state index in [9.17, 15) is 57.5 Å². The second kappa shape index (κ2) is 22.1. The molecule has 2 aromatic heterocycles. The molecule has 0 saturated carbocycles. The number of carbonyl (C=O) groups is 12. The number of Topliss-reactive ketones (excluding diaryl/α,β-unsaturated/α-hetero) is 1. The molecule has 0 unspecified atom stereocenters. The first kappa shape index (κ1) is 50.1. The van der Waals surface area contributed by atoms with Crippen molar-refractivity contribution in [2.45, 2.75) is 82.5 Å². The minimum Gasteiger partial charge on any atom is -0.481 e. The number of hydrazine groups is 4. The van der Waals surface area contributed by atoms with Crippen LogP contribution in [0.1, 0.15) is 77.6 Å². The molecule has 4 atom stereocenters. The standard InChI is InChI=1S/C23H25N5O6S.C22H23N5O7S/c1-14(30)11-16(13-29)24-21(32)17-6-4-9-27-20(31)8-10-26(23(34)28(17)27)25-22(33)19-12-15-5-2-3-7-18(15)35-19;28-12-14(11-19(30)31)23-20(32)15-5-3-8-26-18(29)7-9-25(22(34)27(15)26)24-21(33)17-10-13-4-1-2-6-16(13)35-17/h2-3,5,7,12-13,16-17H,4,6,8-11H2,1H3,(H,24,32)(H,25,33);1-2,4,6,10,12,14-15H,3,5,7-9,11H2,(H,23,32)(H,24,33)(H,30,31)/t16-,17-;14-,15-/m00/s1. The number of amides is 10. The SMILES string of the molecule is CC(=O)C[C@@H](C=O)NC(=O)[C@@H]1CCCN2C(=O)CCN(NC(=O)c3cc4ccccc4s3)C(=O)N12.O=C[C@H](CC(=O)O)NC(=O)[C@@H]1CCCN2C(=O)CCN(NC(=O)c3cc4ccccc4s3)C(=O)N12. The maximum atomic E-state index is 13.5. The lowest BCUT2D eigenvalue weighted by Crippen LogP contribution is -2.64. The molecule has 2 aromatic carbocycles. The molecule has 0 spiro atoms. The second-order valence-corrected chi connectivity index (χ2v) is 18.8. The molecule has 4 aromatic rings. The van der Waals surface area contributed by atoms with Gasteiger partial charge in [0.2, 0.25) is 23.6 Å². The van der Waals surface area contributed by atoms with Gasteiger partial charge in [-0.25, -0.2) is 39.6 Å². The van der Waals surface area contributed by atoms with Crippen LogP contribution in [0.5, 0.6) is 0 Å². The monoisotopic (exact) mass is 1000 g/mol. The van der Waals surface area contributed by atoms with E-state index < -0.39 is 78.2 Å². The van der Waals surface area contributed by atoms with Crippen LogP contribution in [0.2, 0.25) is 0 Å². The van der Waals surface area contributed by atoms with Crippen LogP contribution in [-0.4, -0.2) is 157 Å². The predicted octanol–water partition coefficient (Wildman–Crippen LogP) is 1.98. The second-order valence-electron chi connectivity index (χ2n) is 16.6. The Morgan fingerprint density at radius 1 is 0.643 bits per heavy atom. The zero-order valence-corrected chi connectivity index (χ0v) is 39.2. The Labute approximate surface area is 406 Å². The van der Waals surface area contributed by atoms with Gasteiger partial charge in [0.15, 0.2) is 0 Å². The highest BCUT2D eigenvalue weighted by Gasteiger charge is 2.46. The van der Waals surface area contributed by atoms with Crippen molar-refractivity contribution < 1.29 is 62.6 Å². The number of ketones is 1. The number of carboxylic acid groups (broad SMARTS) is 1. The van der Waals surface area contributed by atoms with E-state index in [1.54, 1.807) is 12.1 Å². The van der Waals surface area contributed by atoms with Crippen molar-refractivity contribution in [1.29, 1.82) is 0 Å². The van der Waals surface area contributed by atoms with Crippen molar-refractivity contribution in [2.24, 2.45) is 0 Å². The van der Waals surface area contributed by atoms with Crippen molar-refractivity contribution >= 4 is 115 Å². The lowest BCUT2D eigenvalue weighted by atomic mass is 10.1. The maximum Gasteiger partial charge on any atom is 0.358 e. The van der Waals surface area contributed by atoms with Crippen LogP contribution in [-0.2, 0) is 38.4 Å². The first-order valence-electron chi connectivity index (χ1n) is 22.2. The molecule has 4 aliphatic rings. The summed E-state index contributed by atoms with van der Waals surface area (Å²) in [6.45, 7) is 1.61. The van der Waals surface area contributed by atoms with E-state index in [-0.39, 0.29) is 70.0 Å². The summed E-state index contributed by atoms with van der Waals surface area (Å²) in [5.74, 6) is -4.73. The number of urea groups is 2. The highest BCUT2D eigenvalue weighted by atomic mass is 32.1. The molecule has 70 heavy (non-hydrogen) atoms. The molecular formula is C45H48N10O13S2. The highest BCUT2D eigenvalue weighted by molar-refractivity contribution is 7.21. The molecule has 6 heterocycles. The Balaban J connectivity index is 0.000000206. The van der Waals surface area contributed by atoms with Crippen LogP contribution >= 0.6 is 22.7 Å². The lowest BCUT2D eigenvalue weighted by molar-refractivity contribution is -0.156. The van der Waals surface area contributed by atoms with Gasteiger partial charge in [-0.3, -0.25) is 49.2 Å². The molecule has 4 aliphatic heterocycles. The zero-order chi connectivity index (χ0) is 50.2. The van der Waals surface area contributed by atoms with Crippen LogP contribution < -0.4 is 21.5 Å². The molecule has 5 N–H and O–H groups in total. The van der Waals surface area contributed by atoms with Crippen molar-refractivity contribution in [2.75, 3.05) is 26.2 Å². The van der Waals surface area contributed by atoms with Gasteiger partial charge >= 0.3 is 18.0 Å². The summed E-state index contributed by atoms with van der Waals surface area (Å²) in [4.78, 5) is 150. The van der Waals surface area contributed by atoms with E-state index in [1.165, 1.54) is 39.6 Å². The number of aldehydes is 2. The van der Waals surface area contributed by atoms with E-state index in [2.05, 4.69) is 21.5 Å². The third kappa shape index (κ3) is 11.4. The summed E-state index contributed by atoms with van der Waals surface area (Å²) in [6, 6.07) is 12.3. The van der Waals surface area contributed by atoms with Gasteiger partial charge in [0.05, 0.1) is 41.3 Å². The Hall–Kier alpha value is -7.80. The number of rotatable bonds is 14. The molecule has 368 valence electrons. The minimum absolute atomic E-state index is 0.0371.